The maximum absolute atomic E-state index is 13.8. The number of halogens is 10. The second-order valence-corrected chi connectivity index (χ2v) is 4.10. The standard InChI is InChI=1S/C12BF10/c14-4-1(5(15)9(19)8(18)3(4)13-23)2-6(16)10(20)12(22)11(21)7(2)17. The number of hydrogen-bond donors (Lipinski definition) is 0. The molecule has 0 aromatic heterocycles. The van der Waals surface area contributed by atoms with E-state index < -0.39 is 76.5 Å². The SMILES string of the molecule is F[B]c1c(F)c(F)c(F)c(-c2c(F)c(F)c(F)c(F)c2F)c1F. The molecule has 0 nitrogen and oxygen atoms in total. The van der Waals surface area contributed by atoms with Gasteiger partial charge in [0.1, 0.15) is 5.82 Å². The smallest absolute Gasteiger partial charge is 0.335 e. The van der Waals surface area contributed by atoms with E-state index in [1.54, 1.807) is 0 Å². The second kappa shape index (κ2) is 5.78. The average Bonchev–Trinajstić information content (AvgIpc) is 2.52. The van der Waals surface area contributed by atoms with Gasteiger partial charge in [0, 0.05) is 5.46 Å². The van der Waals surface area contributed by atoms with Crippen LogP contribution in [0.3, 0.4) is 0 Å². The Bertz CT molecular complexity index is 788. The van der Waals surface area contributed by atoms with E-state index in [-0.39, 0.29) is 0 Å². The van der Waals surface area contributed by atoms with Crippen molar-refractivity contribution in [1.82, 2.24) is 0 Å². The molecule has 0 heterocycles. The Kier molecular flexibility index (Phi) is 4.31. The molecule has 0 aliphatic carbocycles. The van der Waals surface area contributed by atoms with E-state index in [1.165, 1.54) is 0 Å². The average molecular weight is 345 g/mol. The van der Waals surface area contributed by atoms with E-state index in [9.17, 15) is 43.8 Å². The molecule has 0 saturated carbocycles. The summed E-state index contributed by atoms with van der Waals surface area (Å²) in [5.74, 6) is -23.1. The zero-order chi connectivity index (χ0) is 17.6. The van der Waals surface area contributed by atoms with Gasteiger partial charge in [0.15, 0.2) is 40.7 Å². The lowest BCUT2D eigenvalue weighted by Crippen LogP contribution is -2.25. The molecule has 0 atom stereocenters. The molecular formula is C12BF10. The zero-order valence-electron chi connectivity index (χ0n) is 10.4. The molecule has 2 aromatic carbocycles. The van der Waals surface area contributed by atoms with Crippen molar-refractivity contribution in [1.29, 1.82) is 0 Å². The van der Waals surface area contributed by atoms with E-state index >= 15 is 0 Å². The van der Waals surface area contributed by atoms with Crippen molar-refractivity contribution < 1.29 is 43.8 Å². The topological polar surface area (TPSA) is 0 Å². The van der Waals surface area contributed by atoms with Gasteiger partial charge >= 0.3 is 7.56 Å². The van der Waals surface area contributed by atoms with Crippen LogP contribution in [0.1, 0.15) is 0 Å². The van der Waals surface area contributed by atoms with Crippen LogP contribution in [0.25, 0.3) is 11.1 Å². The van der Waals surface area contributed by atoms with Crippen LogP contribution in [0.5, 0.6) is 0 Å². The number of benzene rings is 2. The Hall–Kier alpha value is -2.20. The molecule has 0 unspecified atom stereocenters. The molecule has 0 fully saturated rings. The highest BCUT2D eigenvalue weighted by molar-refractivity contribution is 6.46. The Labute approximate surface area is 121 Å². The van der Waals surface area contributed by atoms with Crippen molar-refractivity contribution in [3.05, 3.63) is 52.4 Å². The molecule has 0 spiro atoms. The highest BCUT2D eigenvalue weighted by atomic mass is 19.2. The van der Waals surface area contributed by atoms with Crippen LogP contribution in [0.15, 0.2) is 0 Å². The minimum Gasteiger partial charge on any atom is -0.335 e. The van der Waals surface area contributed by atoms with Gasteiger partial charge in [-0.2, -0.15) is 0 Å². The normalized spacial score (nSPS) is 11.0. The lowest BCUT2D eigenvalue weighted by atomic mass is 9.86. The van der Waals surface area contributed by atoms with Gasteiger partial charge in [0.25, 0.3) is 0 Å². The zero-order valence-corrected chi connectivity index (χ0v) is 10.4. The van der Waals surface area contributed by atoms with Crippen LogP contribution in [-0.4, -0.2) is 7.56 Å². The molecule has 2 aromatic rings. The first-order valence-corrected chi connectivity index (χ1v) is 5.46. The third kappa shape index (κ3) is 2.34. The minimum absolute atomic E-state index is 0.900. The lowest BCUT2D eigenvalue weighted by Gasteiger charge is -2.13. The maximum atomic E-state index is 13.8. The van der Waals surface area contributed by atoms with E-state index in [0.717, 1.165) is 0 Å². The van der Waals surface area contributed by atoms with Crippen LogP contribution in [0.4, 0.5) is 43.8 Å². The second-order valence-electron chi connectivity index (χ2n) is 4.10. The molecule has 23 heavy (non-hydrogen) atoms. The van der Waals surface area contributed by atoms with Crippen LogP contribution in [0, 0.1) is 52.4 Å². The molecule has 0 amide bonds. The van der Waals surface area contributed by atoms with Gasteiger partial charge in [0.05, 0.1) is 11.1 Å². The molecule has 1 radical (unpaired) electrons. The van der Waals surface area contributed by atoms with E-state index in [4.69, 9.17) is 0 Å². The van der Waals surface area contributed by atoms with Gasteiger partial charge in [-0.1, -0.05) is 0 Å². The fourth-order valence-electron chi connectivity index (χ4n) is 1.79. The Morgan fingerprint density at radius 2 is 0.696 bits per heavy atom. The van der Waals surface area contributed by atoms with Crippen molar-refractivity contribution in [2.75, 3.05) is 0 Å². The highest BCUT2D eigenvalue weighted by Crippen LogP contribution is 2.35. The lowest BCUT2D eigenvalue weighted by molar-refractivity contribution is 0.379. The Balaban J connectivity index is 3.03. The third-order valence-electron chi connectivity index (χ3n) is 2.87. The summed E-state index contributed by atoms with van der Waals surface area (Å²) in [6.07, 6.45) is 0. The van der Waals surface area contributed by atoms with Crippen molar-refractivity contribution >= 4 is 13.0 Å². The molecular weight excluding hydrogens is 345 g/mol. The predicted molar refractivity (Wildman–Crippen MR) is 58.0 cm³/mol. The van der Waals surface area contributed by atoms with Crippen molar-refractivity contribution in [2.24, 2.45) is 0 Å². The molecule has 0 N–H and O–H groups in total. The summed E-state index contributed by atoms with van der Waals surface area (Å²) >= 11 is 0. The van der Waals surface area contributed by atoms with E-state index in [0.29, 0.717) is 0 Å². The van der Waals surface area contributed by atoms with Gasteiger partial charge in [-0.25, -0.2) is 39.5 Å². The highest BCUT2D eigenvalue weighted by Gasteiger charge is 2.34. The fraction of sp³-hybridized carbons (Fsp3) is 0. The predicted octanol–water partition coefficient (Wildman–Crippen LogP) is 3.82. The monoisotopic (exact) mass is 345 g/mol. The van der Waals surface area contributed by atoms with Crippen molar-refractivity contribution in [2.45, 2.75) is 0 Å². The van der Waals surface area contributed by atoms with Crippen molar-refractivity contribution in [3.63, 3.8) is 0 Å². The summed E-state index contributed by atoms with van der Waals surface area (Å²) < 4.78 is 132. The minimum atomic E-state index is -2.66. The first kappa shape index (κ1) is 17.2. The fourth-order valence-corrected chi connectivity index (χ4v) is 1.79. The van der Waals surface area contributed by atoms with Gasteiger partial charge in [0.2, 0.25) is 5.82 Å². The largest absolute Gasteiger partial charge is 0.398 e. The van der Waals surface area contributed by atoms with Gasteiger partial charge in [-0.3, -0.25) is 0 Å². The first-order valence-electron chi connectivity index (χ1n) is 5.46. The van der Waals surface area contributed by atoms with Crippen LogP contribution in [0.2, 0.25) is 0 Å². The number of rotatable bonds is 2. The summed E-state index contributed by atoms with van der Waals surface area (Å²) in [7, 11) is -0.900. The summed E-state index contributed by atoms with van der Waals surface area (Å²) in [6, 6.07) is 0. The molecule has 0 saturated heterocycles. The first-order chi connectivity index (χ1) is 10.6. The van der Waals surface area contributed by atoms with Gasteiger partial charge in [-0.15, -0.1) is 0 Å². The quantitative estimate of drug-likeness (QED) is 0.336. The van der Waals surface area contributed by atoms with E-state index in [1.807, 2.05) is 0 Å². The van der Waals surface area contributed by atoms with Gasteiger partial charge in [-0.05, 0) is 0 Å². The number of hydrogen-bond acceptors (Lipinski definition) is 0. The molecule has 0 aliphatic rings. The Morgan fingerprint density at radius 1 is 0.391 bits per heavy atom. The van der Waals surface area contributed by atoms with Gasteiger partial charge < -0.3 is 4.32 Å². The summed E-state index contributed by atoms with van der Waals surface area (Å²) in [6.45, 7) is 0. The molecule has 0 aliphatic heterocycles. The summed E-state index contributed by atoms with van der Waals surface area (Å²) in [5, 5.41) is 0. The molecule has 121 valence electrons. The third-order valence-corrected chi connectivity index (χ3v) is 2.87. The van der Waals surface area contributed by atoms with Crippen molar-refractivity contribution in [3.8, 4) is 11.1 Å². The summed E-state index contributed by atoms with van der Waals surface area (Å²) in [4.78, 5) is 0. The van der Waals surface area contributed by atoms with Crippen LogP contribution >= 0.6 is 0 Å². The molecule has 0 bridgehead atoms. The molecule has 11 heteroatoms. The maximum Gasteiger partial charge on any atom is 0.398 e. The Morgan fingerprint density at radius 3 is 1.09 bits per heavy atom. The van der Waals surface area contributed by atoms with Crippen LogP contribution < -0.4 is 5.46 Å². The van der Waals surface area contributed by atoms with Crippen LogP contribution in [-0.2, 0) is 0 Å². The summed E-state index contributed by atoms with van der Waals surface area (Å²) in [5.41, 5.74) is -6.22. The molecule has 2 rings (SSSR count). The van der Waals surface area contributed by atoms with E-state index in [2.05, 4.69) is 0 Å².